The minimum absolute atomic E-state index is 0.0121. The van der Waals surface area contributed by atoms with Crippen molar-refractivity contribution in [3.05, 3.63) is 56.3 Å². The van der Waals surface area contributed by atoms with Crippen LogP contribution < -0.4 is 0 Å². The molecule has 1 aromatic heterocycles. The van der Waals surface area contributed by atoms with Crippen molar-refractivity contribution in [3.63, 3.8) is 0 Å². The lowest BCUT2D eigenvalue weighted by molar-refractivity contribution is -0.385. The highest BCUT2D eigenvalue weighted by Gasteiger charge is 2.34. The van der Waals surface area contributed by atoms with Crippen LogP contribution in [0.5, 0.6) is 0 Å². The monoisotopic (exact) mass is 380 g/mol. The second-order valence-corrected chi connectivity index (χ2v) is 9.39. The first-order valence-electron chi connectivity index (χ1n) is 8.22. The summed E-state index contributed by atoms with van der Waals surface area (Å²) in [6.07, 6.45) is 3.54. The number of rotatable bonds is 4. The molecule has 1 fully saturated rings. The van der Waals surface area contributed by atoms with E-state index in [1.165, 1.54) is 22.5 Å². The second-order valence-electron chi connectivity index (χ2n) is 6.18. The fraction of sp³-hybridized carbons (Fsp3) is 0.412. The van der Waals surface area contributed by atoms with Crippen molar-refractivity contribution < 1.29 is 13.3 Å². The molecular formula is C17H20N2O4S2. The van der Waals surface area contributed by atoms with Crippen LogP contribution in [-0.2, 0) is 10.0 Å². The Bertz CT molecular complexity index is 876. The molecule has 1 aliphatic rings. The highest BCUT2D eigenvalue weighted by molar-refractivity contribution is 7.89. The van der Waals surface area contributed by atoms with Gasteiger partial charge in [-0.1, -0.05) is 18.9 Å². The van der Waals surface area contributed by atoms with Crippen LogP contribution in [0.15, 0.2) is 41.3 Å². The quantitative estimate of drug-likeness (QED) is 0.586. The molecule has 2 heterocycles. The molecule has 134 valence electrons. The summed E-state index contributed by atoms with van der Waals surface area (Å²) >= 11 is 1.61. The van der Waals surface area contributed by atoms with Crippen molar-refractivity contribution >= 4 is 27.0 Å². The van der Waals surface area contributed by atoms with Gasteiger partial charge in [-0.3, -0.25) is 10.1 Å². The van der Waals surface area contributed by atoms with Gasteiger partial charge in [-0.25, -0.2) is 8.42 Å². The normalized spacial score (nSPS) is 19.5. The van der Waals surface area contributed by atoms with Crippen molar-refractivity contribution in [1.82, 2.24) is 4.31 Å². The molecule has 3 rings (SSSR count). The molecule has 1 saturated heterocycles. The van der Waals surface area contributed by atoms with Crippen LogP contribution in [0.25, 0.3) is 0 Å². The highest BCUT2D eigenvalue weighted by Crippen LogP contribution is 2.38. The molecule has 0 amide bonds. The van der Waals surface area contributed by atoms with Gasteiger partial charge in [0, 0.05) is 28.4 Å². The molecule has 6 nitrogen and oxygen atoms in total. The van der Waals surface area contributed by atoms with E-state index in [-0.39, 0.29) is 16.6 Å². The van der Waals surface area contributed by atoms with Gasteiger partial charge in [0.25, 0.3) is 5.69 Å². The first kappa shape index (κ1) is 18.0. The molecule has 8 heteroatoms. The van der Waals surface area contributed by atoms with E-state index >= 15 is 0 Å². The zero-order valence-corrected chi connectivity index (χ0v) is 15.6. The van der Waals surface area contributed by atoms with E-state index in [1.807, 2.05) is 19.1 Å². The highest BCUT2D eigenvalue weighted by atomic mass is 32.2. The number of aryl methyl sites for hydroxylation is 1. The Labute approximate surface area is 151 Å². The molecule has 1 unspecified atom stereocenters. The maximum atomic E-state index is 13.2. The lowest BCUT2D eigenvalue weighted by Crippen LogP contribution is -2.34. The first-order chi connectivity index (χ1) is 11.9. The van der Waals surface area contributed by atoms with Crippen molar-refractivity contribution in [2.45, 2.75) is 43.5 Å². The Kier molecular flexibility index (Phi) is 5.21. The molecule has 0 spiro atoms. The van der Waals surface area contributed by atoms with E-state index in [9.17, 15) is 18.5 Å². The Balaban J connectivity index is 2.03. The van der Waals surface area contributed by atoms with Gasteiger partial charge in [-0.15, -0.1) is 11.3 Å². The number of non-ortho nitro benzene ring substituents is 1. The third-order valence-electron chi connectivity index (χ3n) is 4.43. The molecule has 0 N–H and O–H groups in total. The molecule has 1 atom stereocenters. The number of thiophene rings is 1. The van der Waals surface area contributed by atoms with E-state index < -0.39 is 14.9 Å². The van der Waals surface area contributed by atoms with Crippen molar-refractivity contribution in [2.75, 3.05) is 6.54 Å². The SMILES string of the molecule is Cc1ccc(C2CCCCCN2S(=O)(=O)c2cccc([N+](=O)[O-])c2)s1. The fourth-order valence-electron chi connectivity index (χ4n) is 3.18. The van der Waals surface area contributed by atoms with Crippen LogP contribution in [0, 0.1) is 17.0 Å². The lowest BCUT2D eigenvalue weighted by atomic mass is 10.1. The number of nitrogens with zero attached hydrogens (tertiary/aromatic N) is 2. The molecule has 1 aliphatic heterocycles. The predicted octanol–water partition coefficient (Wildman–Crippen LogP) is 4.27. The molecule has 2 aromatic rings. The summed E-state index contributed by atoms with van der Waals surface area (Å²) in [6, 6.07) is 9.11. The number of sulfonamides is 1. The molecule has 1 aromatic carbocycles. The number of nitro groups is 1. The van der Waals surface area contributed by atoms with Crippen LogP contribution in [0.1, 0.15) is 41.5 Å². The zero-order chi connectivity index (χ0) is 18.0. The minimum Gasteiger partial charge on any atom is -0.258 e. The number of nitro benzene ring substituents is 1. The van der Waals surface area contributed by atoms with Crippen LogP contribution in [0.3, 0.4) is 0 Å². The van der Waals surface area contributed by atoms with E-state index in [4.69, 9.17) is 0 Å². The maximum absolute atomic E-state index is 13.2. The predicted molar refractivity (Wildman–Crippen MR) is 97.3 cm³/mol. The zero-order valence-electron chi connectivity index (χ0n) is 13.9. The minimum atomic E-state index is -3.79. The van der Waals surface area contributed by atoms with Crippen LogP contribution in [0.2, 0.25) is 0 Å². The van der Waals surface area contributed by atoms with E-state index in [1.54, 1.807) is 11.3 Å². The summed E-state index contributed by atoms with van der Waals surface area (Å²) in [7, 11) is -3.79. The smallest absolute Gasteiger partial charge is 0.258 e. The first-order valence-corrected chi connectivity index (χ1v) is 10.5. The van der Waals surface area contributed by atoms with E-state index in [0.717, 1.165) is 41.5 Å². The summed E-state index contributed by atoms with van der Waals surface area (Å²) in [5.74, 6) is 0. The van der Waals surface area contributed by atoms with Gasteiger partial charge in [0.15, 0.2) is 0 Å². The van der Waals surface area contributed by atoms with Crippen LogP contribution in [0.4, 0.5) is 5.69 Å². The van der Waals surface area contributed by atoms with E-state index in [0.29, 0.717) is 6.54 Å². The summed E-state index contributed by atoms with van der Waals surface area (Å²) in [6.45, 7) is 2.44. The topological polar surface area (TPSA) is 80.5 Å². The lowest BCUT2D eigenvalue weighted by Gasteiger charge is -2.28. The Morgan fingerprint density at radius 2 is 2.00 bits per heavy atom. The molecule has 0 saturated carbocycles. The largest absolute Gasteiger partial charge is 0.270 e. The standard InChI is InChI=1S/C17H20N2O4S2/c1-13-9-10-17(24-13)16-8-3-2-4-11-18(16)25(22,23)15-7-5-6-14(12-15)19(20)21/h5-7,9-10,12,16H,2-4,8,11H2,1H3. The Hall–Kier alpha value is -1.77. The van der Waals surface area contributed by atoms with Gasteiger partial charge in [0.05, 0.1) is 15.9 Å². The summed E-state index contributed by atoms with van der Waals surface area (Å²) in [5.41, 5.74) is -0.209. The van der Waals surface area contributed by atoms with Gasteiger partial charge < -0.3 is 0 Å². The third kappa shape index (κ3) is 3.75. The maximum Gasteiger partial charge on any atom is 0.270 e. The van der Waals surface area contributed by atoms with Gasteiger partial charge >= 0.3 is 0 Å². The summed E-state index contributed by atoms with van der Waals surface area (Å²) < 4.78 is 28.0. The summed E-state index contributed by atoms with van der Waals surface area (Å²) in [5, 5.41) is 11.0. The number of hydrogen-bond acceptors (Lipinski definition) is 5. The van der Waals surface area contributed by atoms with Gasteiger partial charge in [0.2, 0.25) is 10.0 Å². The fourth-order valence-corrected chi connectivity index (χ4v) is 5.99. The molecule has 25 heavy (non-hydrogen) atoms. The van der Waals surface area contributed by atoms with Crippen molar-refractivity contribution in [2.24, 2.45) is 0 Å². The third-order valence-corrected chi connectivity index (χ3v) is 7.43. The molecule has 0 radical (unpaired) electrons. The van der Waals surface area contributed by atoms with Crippen LogP contribution in [-0.4, -0.2) is 24.2 Å². The van der Waals surface area contributed by atoms with Crippen molar-refractivity contribution in [3.8, 4) is 0 Å². The van der Waals surface area contributed by atoms with Gasteiger partial charge in [-0.2, -0.15) is 4.31 Å². The Morgan fingerprint density at radius 1 is 1.20 bits per heavy atom. The Morgan fingerprint density at radius 3 is 2.68 bits per heavy atom. The summed E-state index contributed by atoms with van der Waals surface area (Å²) in [4.78, 5) is 12.6. The molecule has 0 aliphatic carbocycles. The average molecular weight is 380 g/mol. The van der Waals surface area contributed by atoms with Gasteiger partial charge in [0.1, 0.15) is 0 Å². The van der Waals surface area contributed by atoms with Crippen molar-refractivity contribution in [1.29, 1.82) is 0 Å². The number of benzene rings is 1. The van der Waals surface area contributed by atoms with Crippen LogP contribution >= 0.6 is 11.3 Å². The molecular weight excluding hydrogens is 360 g/mol. The average Bonchev–Trinajstić information content (AvgIpc) is 2.86. The second kappa shape index (κ2) is 7.23. The number of hydrogen-bond donors (Lipinski definition) is 0. The van der Waals surface area contributed by atoms with E-state index in [2.05, 4.69) is 0 Å². The van der Waals surface area contributed by atoms with Gasteiger partial charge in [-0.05, 0) is 38.0 Å². The molecule has 0 bridgehead atoms.